The minimum atomic E-state index is -1.12. The van der Waals surface area contributed by atoms with Crippen molar-refractivity contribution >= 4 is 17.8 Å². The van der Waals surface area contributed by atoms with Crippen LogP contribution in [0.5, 0.6) is 0 Å². The summed E-state index contributed by atoms with van der Waals surface area (Å²) < 4.78 is 4.84. The molecule has 2 atom stereocenters. The maximum Gasteiger partial charge on any atom is 0.330 e. The molecule has 0 aromatic heterocycles. The predicted molar refractivity (Wildman–Crippen MR) is 67.0 cm³/mol. The molecule has 0 aliphatic heterocycles. The molecule has 2 unspecified atom stereocenters. The summed E-state index contributed by atoms with van der Waals surface area (Å²) in [6, 6.07) is 0. The fraction of sp³-hybridized carbons (Fsp3) is 0.615. The predicted octanol–water partition coefficient (Wildman–Crippen LogP) is 0.852. The number of ether oxygens (including phenoxy) is 1. The first kappa shape index (κ1) is 15.2. The monoisotopic (exact) mass is 269 g/mol. The normalized spacial score (nSPS) is 26.4. The van der Waals surface area contributed by atoms with E-state index in [4.69, 9.17) is 10.5 Å². The van der Waals surface area contributed by atoms with Gasteiger partial charge in [-0.1, -0.05) is 19.4 Å². The minimum absolute atomic E-state index is 0.0302. The van der Waals surface area contributed by atoms with Crippen molar-refractivity contribution in [1.29, 1.82) is 0 Å². The summed E-state index contributed by atoms with van der Waals surface area (Å²) in [6.07, 6.45) is 3.52. The molecule has 1 amide bonds. The van der Waals surface area contributed by atoms with Crippen molar-refractivity contribution in [3.8, 4) is 0 Å². The second-order valence-corrected chi connectivity index (χ2v) is 4.78. The second-order valence-electron chi connectivity index (χ2n) is 4.78. The molecule has 106 valence electrons. The Morgan fingerprint density at radius 2 is 2.11 bits per heavy atom. The summed E-state index contributed by atoms with van der Waals surface area (Å²) in [5.74, 6) is -3.05. The van der Waals surface area contributed by atoms with Crippen LogP contribution in [0.1, 0.15) is 32.1 Å². The second kappa shape index (κ2) is 6.36. The van der Waals surface area contributed by atoms with Crippen molar-refractivity contribution in [2.75, 3.05) is 6.61 Å². The zero-order valence-electron chi connectivity index (χ0n) is 10.8. The lowest BCUT2D eigenvalue weighted by Crippen LogP contribution is -2.49. The third-order valence-electron chi connectivity index (χ3n) is 3.78. The summed E-state index contributed by atoms with van der Waals surface area (Å²) in [5.41, 5.74) is 4.30. The number of hydrogen-bond donors (Lipinski definition) is 2. The molecule has 1 rings (SSSR count). The number of hydrogen-bond acceptors (Lipinski definition) is 4. The van der Waals surface area contributed by atoms with Crippen molar-refractivity contribution in [3.05, 3.63) is 12.7 Å². The molecule has 1 fully saturated rings. The van der Waals surface area contributed by atoms with Crippen LogP contribution >= 0.6 is 0 Å². The molecule has 6 heteroatoms. The molecule has 0 bridgehead atoms. The van der Waals surface area contributed by atoms with Gasteiger partial charge in [0.2, 0.25) is 5.91 Å². The molecule has 0 heterocycles. The van der Waals surface area contributed by atoms with E-state index in [1.807, 2.05) is 0 Å². The smallest absolute Gasteiger partial charge is 0.330 e. The average Bonchev–Trinajstić information content (AvgIpc) is 2.38. The lowest BCUT2D eigenvalue weighted by atomic mass is 9.64. The molecule has 1 aliphatic rings. The molecule has 1 aliphatic carbocycles. The summed E-state index contributed by atoms with van der Waals surface area (Å²) in [7, 11) is 0. The van der Waals surface area contributed by atoms with Crippen LogP contribution in [0.15, 0.2) is 12.7 Å². The largest absolute Gasteiger partial charge is 0.481 e. The van der Waals surface area contributed by atoms with Gasteiger partial charge in [-0.05, 0) is 19.3 Å². The van der Waals surface area contributed by atoms with Crippen LogP contribution in [0.25, 0.3) is 0 Å². The highest BCUT2D eigenvalue weighted by Gasteiger charge is 2.49. The van der Waals surface area contributed by atoms with Gasteiger partial charge in [0.25, 0.3) is 0 Å². The molecular weight excluding hydrogens is 250 g/mol. The van der Waals surface area contributed by atoms with E-state index >= 15 is 0 Å². The molecule has 19 heavy (non-hydrogen) atoms. The van der Waals surface area contributed by atoms with E-state index in [-0.39, 0.29) is 13.0 Å². The number of nitrogens with two attached hydrogens (primary N) is 1. The fourth-order valence-electron chi connectivity index (χ4n) is 2.71. The fourth-order valence-corrected chi connectivity index (χ4v) is 2.71. The third-order valence-corrected chi connectivity index (χ3v) is 3.78. The zero-order valence-corrected chi connectivity index (χ0v) is 10.8. The molecule has 1 saturated carbocycles. The number of esters is 1. The van der Waals surface area contributed by atoms with E-state index in [0.717, 1.165) is 18.9 Å². The standard InChI is InChI=1S/C13H19NO5/c1-2-10(15)19-8-7-13(12(14)18)6-4-3-5-9(13)11(16)17/h2,9H,1,3-8H2,(H2,14,18)(H,16,17). The quantitative estimate of drug-likeness (QED) is 0.549. The van der Waals surface area contributed by atoms with Crippen LogP contribution in [0.2, 0.25) is 0 Å². The van der Waals surface area contributed by atoms with Crippen molar-refractivity contribution in [2.45, 2.75) is 32.1 Å². The maximum atomic E-state index is 11.7. The van der Waals surface area contributed by atoms with E-state index < -0.39 is 29.2 Å². The number of primary amides is 1. The summed E-state index contributed by atoms with van der Waals surface area (Å²) >= 11 is 0. The van der Waals surface area contributed by atoms with Crippen molar-refractivity contribution in [3.63, 3.8) is 0 Å². The van der Waals surface area contributed by atoms with Gasteiger partial charge in [-0.2, -0.15) is 0 Å². The first-order valence-corrected chi connectivity index (χ1v) is 6.26. The van der Waals surface area contributed by atoms with Gasteiger partial charge in [0.1, 0.15) is 0 Å². The van der Waals surface area contributed by atoms with E-state index in [1.165, 1.54) is 0 Å². The van der Waals surface area contributed by atoms with Crippen molar-refractivity contribution in [2.24, 2.45) is 17.1 Å². The van der Waals surface area contributed by atoms with Crippen molar-refractivity contribution < 1.29 is 24.2 Å². The first-order chi connectivity index (χ1) is 8.94. The highest BCUT2D eigenvalue weighted by molar-refractivity contribution is 5.87. The topological polar surface area (TPSA) is 107 Å². The number of carbonyl (C=O) groups is 3. The molecule has 0 spiro atoms. The van der Waals surface area contributed by atoms with E-state index in [1.54, 1.807) is 0 Å². The molecule has 6 nitrogen and oxygen atoms in total. The van der Waals surface area contributed by atoms with E-state index in [9.17, 15) is 19.5 Å². The Balaban J connectivity index is 2.82. The van der Waals surface area contributed by atoms with Gasteiger partial charge in [-0.3, -0.25) is 9.59 Å². The highest BCUT2D eigenvalue weighted by atomic mass is 16.5. The van der Waals surface area contributed by atoms with Gasteiger partial charge in [-0.25, -0.2) is 4.79 Å². The number of rotatable bonds is 6. The number of carboxylic acid groups (broad SMARTS) is 1. The summed E-state index contributed by atoms with van der Waals surface area (Å²) in [4.78, 5) is 34.0. The lowest BCUT2D eigenvalue weighted by molar-refractivity contribution is -0.157. The van der Waals surface area contributed by atoms with E-state index in [2.05, 4.69) is 6.58 Å². The molecule has 0 saturated heterocycles. The van der Waals surface area contributed by atoms with Crippen LogP contribution in [0.4, 0.5) is 0 Å². The molecule has 0 radical (unpaired) electrons. The molecular formula is C13H19NO5. The van der Waals surface area contributed by atoms with Gasteiger partial charge >= 0.3 is 11.9 Å². The number of carbonyl (C=O) groups excluding carboxylic acids is 2. The summed E-state index contributed by atoms with van der Waals surface area (Å²) in [5, 5.41) is 9.25. The van der Waals surface area contributed by atoms with Gasteiger partial charge < -0.3 is 15.6 Å². The van der Waals surface area contributed by atoms with Crippen LogP contribution in [0.3, 0.4) is 0 Å². The number of amides is 1. The Morgan fingerprint density at radius 1 is 1.42 bits per heavy atom. The first-order valence-electron chi connectivity index (χ1n) is 6.26. The molecule has 0 aromatic rings. The lowest BCUT2D eigenvalue weighted by Gasteiger charge is -2.39. The van der Waals surface area contributed by atoms with Crippen LogP contribution in [-0.2, 0) is 19.1 Å². The Bertz CT molecular complexity index is 392. The van der Waals surface area contributed by atoms with Crippen LogP contribution < -0.4 is 5.73 Å². The SMILES string of the molecule is C=CC(=O)OCCC1(C(N)=O)CCCCC1C(=O)O. The van der Waals surface area contributed by atoms with Gasteiger partial charge in [0.05, 0.1) is 17.9 Å². The number of carboxylic acids is 1. The Morgan fingerprint density at radius 3 is 2.63 bits per heavy atom. The van der Waals surface area contributed by atoms with Crippen LogP contribution in [-0.4, -0.2) is 29.6 Å². The highest BCUT2D eigenvalue weighted by Crippen LogP contribution is 2.44. The zero-order chi connectivity index (χ0) is 14.5. The minimum Gasteiger partial charge on any atom is -0.481 e. The van der Waals surface area contributed by atoms with Gasteiger partial charge in [0.15, 0.2) is 0 Å². The van der Waals surface area contributed by atoms with E-state index in [0.29, 0.717) is 12.8 Å². The third kappa shape index (κ3) is 3.33. The summed E-state index contributed by atoms with van der Waals surface area (Å²) in [6.45, 7) is 3.23. The van der Waals surface area contributed by atoms with Gasteiger partial charge in [-0.15, -0.1) is 0 Å². The Labute approximate surface area is 111 Å². The number of aliphatic carboxylic acids is 1. The maximum absolute atomic E-state index is 11.7. The Kier molecular flexibility index (Phi) is 5.09. The molecule has 0 aromatic carbocycles. The average molecular weight is 269 g/mol. The van der Waals surface area contributed by atoms with Gasteiger partial charge in [0, 0.05) is 6.08 Å². The Hall–Kier alpha value is -1.85. The van der Waals surface area contributed by atoms with Crippen LogP contribution in [0, 0.1) is 11.3 Å². The van der Waals surface area contributed by atoms with Crippen molar-refractivity contribution in [1.82, 2.24) is 0 Å². The molecule has 3 N–H and O–H groups in total.